The second-order valence-corrected chi connectivity index (χ2v) is 4.34. The Morgan fingerprint density at radius 2 is 2.00 bits per heavy atom. The van der Waals surface area contributed by atoms with Crippen LogP contribution in [0.15, 0.2) is 24.3 Å². The van der Waals surface area contributed by atoms with Crippen LogP contribution in [0, 0.1) is 0 Å². The van der Waals surface area contributed by atoms with E-state index in [9.17, 15) is 8.42 Å². The highest BCUT2D eigenvalue weighted by atomic mass is 35.5. The zero-order valence-electron chi connectivity index (χ0n) is 7.03. The molecule has 0 aliphatic heterocycles. The molecule has 0 saturated heterocycles. The van der Waals surface area contributed by atoms with Gasteiger partial charge in [-0.2, -0.15) is 0 Å². The number of para-hydroxylation sites is 1. The largest absolute Gasteiger partial charge is 0.368 e. The number of hydrogen-bond donors (Lipinski definition) is 2. The van der Waals surface area contributed by atoms with Crippen LogP contribution in [0.2, 0.25) is 5.02 Å². The zero-order valence-corrected chi connectivity index (χ0v) is 8.68. The van der Waals surface area contributed by atoms with Crippen molar-refractivity contribution in [2.24, 2.45) is 0 Å². The molecule has 0 aliphatic carbocycles. The van der Waals surface area contributed by atoms with Crippen molar-refractivity contribution in [1.82, 2.24) is 0 Å². The predicted octanol–water partition coefficient (Wildman–Crippen LogP) is 1.71. The molecule has 1 N–H and O–H groups in total. The fourth-order valence-corrected chi connectivity index (χ4v) is 1.29. The summed E-state index contributed by atoms with van der Waals surface area (Å²) in [4.78, 5) is 0. The van der Waals surface area contributed by atoms with E-state index in [1.54, 1.807) is 31.2 Å². The topological polar surface area (TPSA) is 46.2 Å². The predicted molar refractivity (Wildman–Crippen MR) is 54.9 cm³/mol. The maximum atomic E-state index is 10.5. The van der Waals surface area contributed by atoms with Crippen molar-refractivity contribution in [3.8, 4) is 0 Å². The smallest absolute Gasteiger partial charge is 0.160 e. The van der Waals surface area contributed by atoms with E-state index in [1.165, 1.54) is 0 Å². The number of benzene rings is 1. The van der Waals surface area contributed by atoms with Crippen molar-refractivity contribution in [1.29, 1.82) is 0 Å². The highest BCUT2D eigenvalue weighted by Gasteiger charge is 2.05. The van der Waals surface area contributed by atoms with Crippen molar-refractivity contribution < 1.29 is 8.42 Å². The quantitative estimate of drug-likeness (QED) is 0.761. The van der Waals surface area contributed by atoms with Crippen molar-refractivity contribution in [2.75, 3.05) is 5.32 Å². The summed E-state index contributed by atoms with van der Waals surface area (Å²) < 4.78 is 21.1. The lowest BCUT2D eigenvalue weighted by molar-refractivity contribution is 0.608. The van der Waals surface area contributed by atoms with Crippen LogP contribution in [0.25, 0.3) is 0 Å². The minimum absolute atomic E-state index is 0.520. The molecule has 0 fully saturated rings. The Bertz CT molecular complexity index is 357. The van der Waals surface area contributed by atoms with Gasteiger partial charge in [0.15, 0.2) is 10.7 Å². The molecule has 3 nitrogen and oxygen atoms in total. The van der Waals surface area contributed by atoms with Gasteiger partial charge in [-0.15, -0.1) is 0 Å². The summed E-state index contributed by atoms with van der Waals surface area (Å²) in [5.74, 6) is 0. The lowest BCUT2D eigenvalue weighted by Gasteiger charge is -2.09. The molecule has 0 amide bonds. The van der Waals surface area contributed by atoms with Gasteiger partial charge in [-0.1, -0.05) is 23.7 Å². The Morgan fingerprint density at radius 3 is 2.54 bits per heavy atom. The van der Waals surface area contributed by atoms with Crippen LogP contribution in [-0.2, 0) is 10.7 Å². The Kier molecular flexibility index (Phi) is 3.57. The van der Waals surface area contributed by atoms with E-state index in [-0.39, 0.29) is 0 Å². The van der Waals surface area contributed by atoms with Gasteiger partial charge < -0.3 is 5.32 Å². The molecular weight excluding hydrogens is 210 g/mol. The first-order valence-corrected chi connectivity index (χ1v) is 5.38. The fraction of sp³-hybridized carbons (Fsp3) is 0.250. The SMILES string of the molecule is CC(Nc1ccccc1Cl)[SH](=O)=O. The number of anilines is 1. The maximum Gasteiger partial charge on any atom is 0.160 e. The van der Waals surface area contributed by atoms with E-state index in [0.29, 0.717) is 10.7 Å². The van der Waals surface area contributed by atoms with Crippen LogP contribution < -0.4 is 5.32 Å². The molecule has 0 heterocycles. The molecule has 0 aliphatic rings. The van der Waals surface area contributed by atoms with Crippen LogP contribution in [0.5, 0.6) is 0 Å². The molecule has 1 unspecified atom stereocenters. The third-order valence-electron chi connectivity index (χ3n) is 1.55. The Morgan fingerprint density at radius 1 is 1.38 bits per heavy atom. The lowest BCUT2D eigenvalue weighted by Crippen LogP contribution is -2.16. The molecule has 0 aromatic heterocycles. The van der Waals surface area contributed by atoms with Crippen LogP contribution in [0.3, 0.4) is 0 Å². The van der Waals surface area contributed by atoms with Crippen LogP contribution in [0.1, 0.15) is 6.92 Å². The first-order valence-electron chi connectivity index (χ1n) is 3.76. The molecule has 5 heteroatoms. The molecule has 0 bridgehead atoms. The van der Waals surface area contributed by atoms with Crippen molar-refractivity contribution in [3.05, 3.63) is 29.3 Å². The second kappa shape index (κ2) is 4.48. The van der Waals surface area contributed by atoms with Gasteiger partial charge in [-0.3, -0.25) is 0 Å². The fourth-order valence-electron chi connectivity index (χ4n) is 0.856. The van der Waals surface area contributed by atoms with Gasteiger partial charge in [0, 0.05) is 0 Å². The van der Waals surface area contributed by atoms with Gasteiger partial charge in [0.25, 0.3) is 0 Å². The summed E-state index contributed by atoms with van der Waals surface area (Å²) in [5, 5.41) is 2.70. The van der Waals surface area contributed by atoms with Gasteiger partial charge in [0.2, 0.25) is 0 Å². The van der Waals surface area contributed by atoms with E-state index in [4.69, 9.17) is 11.6 Å². The summed E-state index contributed by atoms with van der Waals surface area (Å²) in [6.45, 7) is 1.56. The normalized spacial score (nSPS) is 12.8. The lowest BCUT2D eigenvalue weighted by atomic mass is 10.3. The summed E-state index contributed by atoms with van der Waals surface area (Å²) in [6, 6.07) is 7.01. The summed E-state index contributed by atoms with van der Waals surface area (Å²) in [6.07, 6.45) is 0. The number of hydrogen-bond acceptors (Lipinski definition) is 3. The van der Waals surface area contributed by atoms with E-state index < -0.39 is 16.1 Å². The Hall–Kier alpha value is -0.740. The van der Waals surface area contributed by atoms with Gasteiger partial charge in [0.1, 0.15) is 5.37 Å². The number of rotatable bonds is 3. The van der Waals surface area contributed by atoms with Crippen molar-refractivity contribution in [3.63, 3.8) is 0 Å². The highest BCUT2D eigenvalue weighted by Crippen LogP contribution is 2.21. The maximum absolute atomic E-state index is 10.5. The van der Waals surface area contributed by atoms with Gasteiger partial charge >= 0.3 is 0 Å². The molecule has 1 atom stereocenters. The average Bonchev–Trinajstić information content (AvgIpc) is 2.08. The third-order valence-corrected chi connectivity index (χ3v) is 2.65. The Labute approximate surface area is 83.7 Å². The van der Waals surface area contributed by atoms with Gasteiger partial charge in [-0.25, -0.2) is 8.42 Å². The monoisotopic (exact) mass is 219 g/mol. The molecular formula is C8H10ClNO2S. The highest BCUT2D eigenvalue weighted by molar-refractivity contribution is 7.73. The van der Waals surface area contributed by atoms with Crippen molar-refractivity contribution in [2.45, 2.75) is 12.3 Å². The van der Waals surface area contributed by atoms with E-state index in [1.807, 2.05) is 0 Å². The van der Waals surface area contributed by atoms with E-state index in [0.717, 1.165) is 0 Å². The summed E-state index contributed by atoms with van der Waals surface area (Å²) >= 11 is 5.81. The minimum atomic E-state index is -2.47. The van der Waals surface area contributed by atoms with E-state index in [2.05, 4.69) is 5.32 Å². The summed E-state index contributed by atoms with van der Waals surface area (Å²) in [5.41, 5.74) is 0.635. The first kappa shape index (κ1) is 10.3. The number of halogens is 1. The van der Waals surface area contributed by atoms with Crippen LogP contribution in [-0.4, -0.2) is 13.8 Å². The van der Waals surface area contributed by atoms with Gasteiger partial charge in [-0.05, 0) is 19.1 Å². The average molecular weight is 220 g/mol. The number of nitrogens with one attached hydrogen (secondary N) is 1. The third kappa shape index (κ3) is 2.90. The van der Waals surface area contributed by atoms with Crippen LogP contribution in [0.4, 0.5) is 5.69 Å². The molecule has 0 saturated carbocycles. The number of thiol groups is 1. The first-order chi connectivity index (χ1) is 6.11. The molecule has 72 valence electrons. The standard InChI is InChI=1S/C8H10ClNO2S/c1-6(13(11)12)10-8-5-3-2-4-7(8)9/h2-6,10,13H,1H3. The second-order valence-electron chi connectivity index (χ2n) is 2.59. The van der Waals surface area contributed by atoms with Crippen molar-refractivity contribution >= 4 is 28.0 Å². The van der Waals surface area contributed by atoms with Gasteiger partial charge in [0.05, 0.1) is 10.7 Å². The molecule has 0 radical (unpaired) electrons. The minimum Gasteiger partial charge on any atom is -0.368 e. The summed E-state index contributed by atoms with van der Waals surface area (Å²) in [7, 11) is -2.47. The Balaban J connectivity index is 2.80. The molecule has 1 aromatic rings. The zero-order chi connectivity index (χ0) is 9.84. The van der Waals surface area contributed by atoms with Crippen LogP contribution >= 0.6 is 11.6 Å². The molecule has 1 rings (SSSR count). The van der Waals surface area contributed by atoms with E-state index >= 15 is 0 Å². The molecule has 13 heavy (non-hydrogen) atoms. The molecule has 1 aromatic carbocycles. The molecule has 0 spiro atoms.